The van der Waals surface area contributed by atoms with Gasteiger partial charge in [-0.05, 0) is 33.1 Å². The van der Waals surface area contributed by atoms with E-state index in [4.69, 9.17) is 9.47 Å². The van der Waals surface area contributed by atoms with Crippen molar-refractivity contribution in [3.8, 4) is 0 Å². The first-order valence-electron chi connectivity index (χ1n) is 8.45. The molecule has 0 saturated carbocycles. The highest BCUT2D eigenvalue weighted by Gasteiger charge is 2.60. The standard InChI is InChI=1S/C18H24O6/c1-5-6-7-17(3)8-18(4)10-14(12(20)13(21)16(18)22)23-9(2)11(19)15(10)24-17/h9,16,20,22H,5-8H2,1-4H3/t9-,16+,17+,18+/m0/s1. The molecule has 0 amide bonds. The van der Waals surface area contributed by atoms with Gasteiger partial charge in [-0.25, -0.2) is 0 Å². The van der Waals surface area contributed by atoms with E-state index in [-0.39, 0.29) is 17.3 Å². The van der Waals surface area contributed by atoms with Crippen molar-refractivity contribution in [1.29, 1.82) is 0 Å². The van der Waals surface area contributed by atoms with Crippen LogP contribution < -0.4 is 0 Å². The minimum absolute atomic E-state index is 0.0209. The molecule has 132 valence electrons. The Morgan fingerprint density at radius 3 is 2.50 bits per heavy atom. The van der Waals surface area contributed by atoms with Crippen LogP contribution in [0.1, 0.15) is 53.4 Å². The fourth-order valence-corrected chi connectivity index (χ4v) is 4.10. The van der Waals surface area contributed by atoms with Gasteiger partial charge in [0.15, 0.2) is 17.6 Å². The number of unbranched alkanes of at least 4 members (excludes halogenated alkanes) is 1. The Morgan fingerprint density at radius 2 is 1.88 bits per heavy atom. The third-order valence-electron chi connectivity index (χ3n) is 5.36. The molecule has 0 aromatic carbocycles. The number of ketones is 2. The molecule has 0 fully saturated rings. The third kappa shape index (κ3) is 2.19. The maximum Gasteiger partial charge on any atom is 0.237 e. The van der Waals surface area contributed by atoms with Crippen LogP contribution in [0, 0.1) is 5.41 Å². The fourth-order valence-electron chi connectivity index (χ4n) is 4.10. The van der Waals surface area contributed by atoms with Crippen molar-refractivity contribution in [3.63, 3.8) is 0 Å². The Bertz CT molecular complexity index is 675. The number of hydrogen-bond donors (Lipinski definition) is 2. The summed E-state index contributed by atoms with van der Waals surface area (Å²) in [6.07, 6.45) is 0.691. The number of aliphatic hydroxyl groups is 2. The van der Waals surface area contributed by atoms with Crippen LogP contribution in [0.5, 0.6) is 0 Å². The lowest BCUT2D eigenvalue weighted by molar-refractivity contribution is -0.152. The highest BCUT2D eigenvalue weighted by molar-refractivity contribution is 6.05. The Hall–Kier alpha value is -1.82. The summed E-state index contributed by atoms with van der Waals surface area (Å²) < 4.78 is 11.6. The molecule has 0 radical (unpaired) electrons. The minimum Gasteiger partial charge on any atom is -0.502 e. The van der Waals surface area contributed by atoms with Crippen LogP contribution in [0.4, 0.5) is 0 Å². The van der Waals surface area contributed by atoms with Crippen LogP contribution in [-0.2, 0) is 19.1 Å². The molecule has 2 N–H and O–H groups in total. The number of rotatable bonds is 3. The third-order valence-corrected chi connectivity index (χ3v) is 5.36. The van der Waals surface area contributed by atoms with Gasteiger partial charge in [-0.2, -0.15) is 0 Å². The van der Waals surface area contributed by atoms with Crippen molar-refractivity contribution in [1.82, 2.24) is 0 Å². The van der Waals surface area contributed by atoms with Crippen LogP contribution >= 0.6 is 0 Å². The van der Waals surface area contributed by atoms with Crippen LogP contribution in [0.15, 0.2) is 22.9 Å². The summed E-state index contributed by atoms with van der Waals surface area (Å²) in [6, 6.07) is 0. The van der Waals surface area contributed by atoms with Crippen LogP contribution in [0.3, 0.4) is 0 Å². The molecule has 2 heterocycles. The largest absolute Gasteiger partial charge is 0.502 e. The maximum absolute atomic E-state index is 12.6. The van der Waals surface area contributed by atoms with Crippen molar-refractivity contribution < 1.29 is 29.3 Å². The average Bonchev–Trinajstić information content (AvgIpc) is 2.53. The molecule has 4 atom stereocenters. The predicted octanol–water partition coefficient (Wildman–Crippen LogP) is 2.32. The Balaban J connectivity index is 2.21. The Labute approximate surface area is 141 Å². The van der Waals surface area contributed by atoms with Crippen molar-refractivity contribution in [2.75, 3.05) is 0 Å². The average molecular weight is 336 g/mol. The van der Waals surface area contributed by atoms with E-state index in [1.54, 1.807) is 13.8 Å². The lowest BCUT2D eigenvalue weighted by Crippen LogP contribution is -2.56. The normalized spacial score (nSPS) is 38.7. The van der Waals surface area contributed by atoms with Gasteiger partial charge in [-0.1, -0.05) is 20.3 Å². The second-order valence-corrected chi connectivity index (χ2v) is 7.52. The number of carbonyl (C=O) groups excluding carboxylic acids is 2. The summed E-state index contributed by atoms with van der Waals surface area (Å²) in [4.78, 5) is 24.9. The monoisotopic (exact) mass is 336 g/mol. The molecule has 6 heteroatoms. The summed E-state index contributed by atoms with van der Waals surface area (Å²) in [7, 11) is 0. The second-order valence-electron chi connectivity index (χ2n) is 7.52. The molecule has 2 aliphatic heterocycles. The molecule has 0 saturated heterocycles. The molecule has 0 unspecified atom stereocenters. The van der Waals surface area contributed by atoms with E-state index in [9.17, 15) is 19.8 Å². The summed E-state index contributed by atoms with van der Waals surface area (Å²) in [6.45, 7) is 7.26. The molecule has 0 spiro atoms. The van der Waals surface area contributed by atoms with E-state index in [1.165, 1.54) is 0 Å². The topological polar surface area (TPSA) is 93.1 Å². The summed E-state index contributed by atoms with van der Waals surface area (Å²) in [5, 5.41) is 20.7. The molecule has 3 rings (SSSR count). The first-order chi connectivity index (χ1) is 11.1. The van der Waals surface area contributed by atoms with Gasteiger partial charge in [0.05, 0.1) is 5.57 Å². The maximum atomic E-state index is 12.6. The van der Waals surface area contributed by atoms with Crippen LogP contribution in [0.25, 0.3) is 0 Å². The molecule has 0 aromatic rings. The smallest absolute Gasteiger partial charge is 0.237 e. The summed E-state index contributed by atoms with van der Waals surface area (Å²) in [5.41, 5.74) is -1.36. The number of allylic oxidation sites excluding steroid dienone is 1. The zero-order chi connectivity index (χ0) is 17.9. The zero-order valence-corrected chi connectivity index (χ0v) is 14.5. The van der Waals surface area contributed by atoms with Gasteiger partial charge in [0.25, 0.3) is 0 Å². The number of hydrogen-bond acceptors (Lipinski definition) is 6. The van der Waals surface area contributed by atoms with Crippen molar-refractivity contribution in [3.05, 3.63) is 22.9 Å². The SMILES string of the molecule is CCCC[C@]1(C)C[C@]2(C)C3=C(O1)C(=O)[C@H](C)OC3=C(O)C(=O)[C@H]2O. The lowest BCUT2D eigenvalue weighted by atomic mass is 9.62. The van der Waals surface area contributed by atoms with Crippen molar-refractivity contribution >= 4 is 11.6 Å². The summed E-state index contributed by atoms with van der Waals surface area (Å²) >= 11 is 0. The molecule has 1 aliphatic carbocycles. The molecule has 0 aromatic heterocycles. The summed E-state index contributed by atoms with van der Waals surface area (Å²) in [5.74, 6) is -1.62. The zero-order valence-electron chi connectivity index (χ0n) is 14.5. The van der Waals surface area contributed by atoms with Gasteiger partial charge >= 0.3 is 0 Å². The van der Waals surface area contributed by atoms with Gasteiger partial charge < -0.3 is 19.7 Å². The highest BCUT2D eigenvalue weighted by Crippen LogP contribution is 2.55. The number of carbonyl (C=O) groups is 2. The second kappa shape index (κ2) is 5.34. The molecule has 6 nitrogen and oxygen atoms in total. The van der Waals surface area contributed by atoms with Gasteiger partial charge in [-0.3, -0.25) is 9.59 Å². The van der Waals surface area contributed by atoms with Gasteiger partial charge in [0.2, 0.25) is 17.3 Å². The lowest BCUT2D eigenvalue weighted by Gasteiger charge is -2.51. The molecule has 24 heavy (non-hydrogen) atoms. The minimum atomic E-state index is -1.43. The fraction of sp³-hybridized carbons (Fsp3) is 0.667. The van der Waals surface area contributed by atoms with E-state index < -0.39 is 34.8 Å². The van der Waals surface area contributed by atoms with E-state index in [1.807, 2.05) is 6.92 Å². The number of ether oxygens (including phenoxy) is 2. The van der Waals surface area contributed by atoms with Crippen molar-refractivity contribution in [2.24, 2.45) is 5.41 Å². The molecular weight excluding hydrogens is 312 g/mol. The number of aliphatic hydroxyl groups excluding tert-OH is 2. The van der Waals surface area contributed by atoms with Gasteiger partial charge in [0.1, 0.15) is 11.7 Å². The molecule has 3 aliphatic rings. The van der Waals surface area contributed by atoms with E-state index >= 15 is 0 Å². The van der Waals surface area contributed by atoms with Crippen molar-refractivity contribution in [2.45, 2.75) is 71.2 Å². The van der Waals surface area contributed by atoms with E-state index in [0.29, 0.717) is 18.4 Å². The number of Topliss-reactive ketones (excluding diaryl/α,β-unsaturated/α-hetero) is 2. The quantitative estimate of drug-likeness (QED) is 0.821. The first kappa shape index (κ1) is 17.0. The van der Waals surface area contributed by atoms with E-state index in [0.717, 1.165) is 12.8 Å². The highest BCUT2D eigenvalue weighted by atomic mass is 16.5. The molecule has 0 bridgehead atoms. The van der Waals surface area contributed by atoms with Gasteiger partial charge in [0, 0.05) is 5.41 Å². The Kier molecular flexibility index (Phi) is 3.79. The van der Waals surface area contributed by atoms with Crippen LogP contribution in [-0.4, -0.2) is 39.6 Å². The first-order valence-corrected chi connectivity index (χ1v) is 8.45. The van der Waals surface area contributed by atoms with E-state index in [2.05, 4.69) is 6.92 Å². The molecular formula is C18H24O6. The van der Waals surface area contributed by atoms with Crippen LogP contribution in [0.2, 0.25) is 0 Å². The Morgan fingerprint density at radius 1 is 1.21 bits per heavy atom. The van der Waals surface area contributed by atoms with Gasteiger partial charge in [-0.15, -0.1) is 0 Å². The predicted molar refractivity (Wildman–Crippen MR) is 85.0 cm³/mol.